The summed E-state index contributed by atoms with van der Waals surface area (Å²) in [4.78, 5) is 21.9. The topological polar surface area (TPSA) is 77.8 Å². The number of aliphatic carboxylic acids is 2. The Hall–Kier alpha value is -1.62. The summed E-state index contributed by atoms with van der Waals surface area (Å²) in [6.07, 6.45) is 1.44. The molecular weight excluding hydrogens is 222 g/mol. The molecule has 0 aliphatic heterocycles. The van der Waals surface area contributed by atoms with Crippen molar-refractivity contribution in [3.8, 4) is 0 Å². The van der Waals surface area contributed by atoms with Gasteiger partial charge in [0.15, 0.2) is 0 Å². The van der Waals surface area contributed by atoms with E-state index in [9.17, 15) is 9.59 Å². The van der Waals surface area contributed by atoms with E-state index in [4.69, 9.17) is 10.2 Å². The van der Waals surface area contributed by atoms with Crippen molar-refractivity contribution in [3.05, 3.63) is 24.3 Å². The van der Waals surface area contributed by atoms with Crippen molar-refractivity contribution in [2.24, 2.45) is 0 Å². The molecule has 0 amide bonds. The van der Waals surface area contributed by atoms with Crippen LogP contribution >= 0.6 is 0 Å². The lowest BCUT2D eigenvalue weighted by Crippen LogP contribution is -2.13. The predicted molar refractivity (Wildman–Crippen MR) is 67.0 cm³/mol. The van der Waals surface area contributed by atoms with E-state index >= 15 is 0 Å². The van der Waals surface area contributed by atoms with Gasteiger partial charge in [0.2, 0.25) is 0 Å². The molecule has 0 spiro atoms. The smallest absolute Gasteiger partial charge is 0.330 e. The van der Waals surface area contributed by atoms with Gasteiger partial charge in [0.05, 0.1) is 0 Å². The van der Waals surface area contributed by atoms with Crippen LogP contribution in [-0.4, -0.2) is 47.7 Å². The fourth-order valence-electron chi connectivity index (χ4n) is 0.716. The summed E-state index contributed by atoms with van der Waals surface area (Å²) in [5.41, 5.74) is 0.474. The Morgan fingerprint density at radius 2 is 1.53 bits per heavy atom. The fraction of sp³-hybridized carbons (Fsp3) is 0.500. The zero-order valence-corrected chi connectivity index (χ0v) is 10.7. The minimum atomic E-state index is -0.935. The molecule has 0 fully saturated rings. The number of nitrogens with zero attached hydrogens (tertiary/aromatic N) is 1. The van der Waals surface area contributed by atoms with Crippen LogP contribution in [0.4, 0.5) is 0 Å². The molecular formula is C12H21NO4. The van der Waals surface area contributed by atoms with Crippen molar-refractivity contribution in [2.75, 3.05) is 20.6 Å². The standard InChI is InChI=1S/C8H15NO2.C4H6O2/c1-7(8(10)11)5-4-6-9(2)3;1-3(2)4(5)6/h1,4-6H2,2-3H3,(H,10,11);1H2,2H3,(H,5,6). The number of hydrogen-bond acceptors (Lipinski definition) is 3. The molecule has 0 aromatic heterocycles. The highest BCUT2D eigenvalue weighted by atomic mass is 16.4. The first-order valence-electron chi connectivity index (χ1n) is 5.13. The van der Waals surface area contributed by atoms with Crippen molar-refractivity contribution >= 4 is 11.9 Å². The summed E-state index contributed by atoms with van der Waals surface area (Å²) in [6, 6.07) is 0. The molecule has 2 N–H and O–H groups in total. The highest BCUT2D eigenvalue weighted by Crippen LogP contribution is 2.01. The summed E-state index contributed by atoms with van der Waals surface area (Å²) in [6.45, 7) is 8.94. The molecule has 0 saturated carbocycles. The number of carbonyl (C=O) groups is 2. The number of hydrogen-bond donors (Lipinski definition) is 2. The van der Waals surface area contributed by atoms with Gasteiger partial charge in [-0.15, -0.1) is 0 Å². The SMILES string of the molecule is C=C(C)C(=O)O.C=C(CCCN(C)C)C(=O)O. The van der Waals surface area contributed by atoms with Crippen LogP contribution in [0.5, 0.6) is 0 Å². The highest BCUT2D eigenvalue weighted by Gasteiger charge is 2.02. The van der Waals surface area contributed by atoms with Crippen LogP contribution in [0.3, 0.4) is 0 Å². The Kier molecular flexibility index (Phi) is 10.0. The lowest BCUT2D eigenvalue weighted by Gasteiger charge is -2.08. The maximum Gasteiger partial charge on any atom is 0.330 e. The average molecular weight is 243 g/mol. The van der Waals surface area contributed by atoms with E-state index in [-0.39, 0.29) is 5.57 Å². The molecule has 0 unspecified atom stereocenters. The second-order valence-corrected chi connectivity index (χ2v) is 3.90. The van der Waals surface area contributed by atoms with Gasteiger partial charge in [-0.05, 0) is 40.4 Å². The second-order valence-electron chi connectivity index (χ2n) is 3.90. The first kappa shape index (κ1) is 17.8. The van der Waals surface area contributed by atoms with Gasteiger partial charge in [-0.2, -0.15) is 0 Å². The Morgan fingerprint density at radius 1 is 1.12 bits per heavy atom. The normalized spacial score (nSPS) is 9.18. The monoisotopic (exact) mass is 243 g/mol. The number of rotatable bonds is 6. The first-order chi connectivity index (χ1) is 7.68. The molecule has 5 nitrogen and oxygen atoms in total. The summed E-state index contributed by atoms with van der Waals surface area (Å²) in [7, 11) is 3.92. The number of carboxylic acids is 2. The molecule has 0 aromatic carbocycles. The largest absolute Gasteiger partial charge is 0.478 e. The second kappa shape index (κ2) is 9.59. The van der Waals surface area contributed by atoms with E-state index in [1.807, 2.05) is 19.0 Å². The van der Waals surface area contributed by atoms with E-state index in [0.29, 0.717) is 12.0 Å². The molecule has 98 valence electrons. The van der Waals surface area contributed by atoms with E-state index in [1.165, 1.54) is 6.92 Å². The lowest BCUT2D eigenvalue weighted by atomic mass is 10.1. The van der Waals surface area contributed by atoms with Crippen LogP contribution in [0, 0.1) is 0 Å². The van der Waals surface area contributed by atoms with Crippen LogP contribution in [0.1, 0.15) is 19.8 Å². The van der Waals surface area contributed by atoms with Gasteiger partial charge in [0.25, 0.3) is 0 Å². The van der Waals surface area contributed by atoms with Crippen LogP contribution in [-0.2, 0) is 9.59 Å². The zero-order chi connectivity index (χ0) is 14.0. The third-order valence-corrected chi connectivity index (χ3v) is 1.75. The highest BCUT2D eigenvalue weighted by molar-refractivity contribution is 5.85. The summed E-state index contributed by atoms with van der Waals surface area (Å²) in [5.74, 6) is -1.82. The van der Waals surface area contributed by atoms with Gasteiger partial charge in [-0.25, -0.2) is 9.59 Å². The fourth-order valence-corrected chi connectivity index (χ4v) is 0.716. The molecule has 0 aliphatic rings. The Labute approximate surface area is 102 Å². The van der Waals surface area contributed by atoms with Gasteiger partial charge in [0, 0.05) is 11.1 Å². The van der Waals surface area contributed by atoms with Crippen LogP contribution in [0.15, 0.2) is 24.3 Å². The van der Waals surface area contributed by atoms with Crippen molar-refractivity contribution < 1.29 is 19.8 Å². The van der Waals surface area contributed by atoms with Crippen molar-refractivity contribution in [2.45, 2.75) is 19.8 Å². The van der Waals surface area contributed by atoms with Gasteiger partial charge in [-0.1, -0.05) is 13.2 Å². The van der Waals surface area contributed by atoms with E-state index in [1.54, 1.807) is 0 Å². The minimum absolute atomic E-state index is 0.176. The summed E-state index contributed by atoms with van der Waals surface area (Å²) in [5, 5.41) is 16.3. The Bertz CT molecular complexity index is 283. The van der Waals surface area contributed by atoms with E-state index < -0.39 is 11.9 Å². The lowest BCUT2D eigenvalue weighted by molar-refractivity contribution is -0.133. The summed E-state index contributed by atoms with van der Waals surface area (Å²) >= 11 is 0. The third kappa shape index (κ3) is 14.4. The maximum atomic E-state index is 10.3. The Balaban J connectivity index is 0. The molecule has 5 heteroatoms. The molecule has 0 bridgehead atoms. The van der Waals surface area contributed by atoms with Gasteiger partial charge < -0.3 is 15.1 Å². The van der Waals surface area contributed by atoms with Crippen molar-refractivity contribution in [1.29, 1.82) is 0 Å². The van der Waals surface area contributed by atoms with Crippen molar-refractivity contribution in [3.63, 3.8) is 0 Å². The zero-order valence-electron chi connectivity index (χ0n) is 10.7. The summed E-state index contributed by atoms with van der Waals surface area (Å²) < 4.78 is 0. The quantitative estimate of drug-likeness (QED) is 0.693. The third-order valence-electron chi connectivity index (χ3n) is 1.75. The minimum Gasteiger partial charge on any atom is -0.478 e. The molecule has 0 saturated heterocycles. The van der Waals surface area contributed by atoms with Crippen LogP contribution in [0.25, 0.3) is 0 Å². The molecule has 0 aromatic rings. The molecule has 17 heavy (non-hydrogen) atoms. The molecule has 0 atom stereocenters. The predicted octanol–water partition coefficient (Wildman–Crippen LogP) is 1.62. The van der Waals surface area contributed by atoms with Gasteiger partial charge in [-0.3, -0.25) is 0 Å². The maximum absolute atomic E-state index is 10.3. The average Bonchev–Trinajstić information content (AvgIpc) is 2.17. The van der Waals surface area contributed by atoms with Gasteiger partial charge >= 0.3 is 11.9 Å². The van der Waals surface area contributed by atoms with E-state index in [2.05, 4.69) is 13.2 Å². The molecule has 0 rings (SSSR count). The molecule has 0 heterocycles. The Morgan fingerprint density at radius 3 is 1.76 bits per heavy atom. The first-order valence-corrected chi connectivity index (χ1v) is 5.13. The van der Waals surface area contributed by atoms with Crippen LogP contribution in [0.2, 0.25) is 0 Å². The molecule has 0 aliphatic carbocycles. The van der Waals surface area contributed by atoms with Crippen LogP contribution < -0.4 is 0 Å². The van der Waals surface area contributed by atoms with Crippen molar-refractivity contribution in [1.82, 2.24) is 4.90 Å². The van der Waals surface area contributed by atoms with Gasteiger partial charge in [0.1, 0.15) is 0 Å². The molecule has 0 radical (unpaired) electrons. The number of carboxylic acid groups (broad SMARTS) is 2. The van der Waals surface area contributed by atoms with E-state index in [0.717, 1.165) is 13.0 Å².